The summed E-state index contributed by atoms with van der Waals surface area (Å²) in [5, 5.41) is 11.9. The van der Waals surface area contributed by atoms with E-state index >= 15 is 0 Å². The third kappa shape index (κ3) is 5.06. The van der Waals surface area contributed by atoms with Gasteiger partial charge >= 0.3 is 0 Å². The zero-order valence-corrected chi connectivity index (χ0v) is 24.2. The second-order valence-electron chi connectivity index (χ2n) is 9.83. The molecule has 1 saturated heterocycles. The molecule has 0 aliphatic carbocycles. The van der Waals surface area contributed by atoms with Gasteiger partial charge in [-0.25, -0.2) is 25.3 Å². The van der Waals surface area contributed by atoms with Crippen LogP contribution in [0.25, 0.3) is 21.8 Å². The number of sulfone groups is 1. The van der Waals surface area contributed by atoms with Gasteiger partial charge in [-0.1, -0.05) is 36.4 Å². The van der Waals surface area contributed by atoms with E-state index in [4.69, 9.17) is 0 Å². The highest BCUT2D eigenvalue weighted by molar-refractivity contribution is 7.94. The Morgan fingerprint density at radius 2 is 1.29 bits per heavy atom. The maximum absolute atomic E-state index is 14.2. The minimum absolute atomic E-state index is 0.0309. The van der Waals surface area contributed by atoms with E-state index in [1.165, 1.54) is 48.8 Å². The number of pyridine rings is 2. The molecule has 0 saturated carbocycles. The summed E-state index contributed by atoms with van der Waals surface area (Å²) in [4.78, 5) is 8.24. The predicted octanol–water partition coefficient (Wildman–Crippen LogP) is 2.94. The first kappa shape index (κ1) is 28.0. The summed E-state index contributed by atoms with van der Waals surface area (Å²) in [6, 6.07) is 20.3. The SMILES string of the molecule is O=S1(=O)C[C@@H](O)[C@@H](N(c2ccc(NS(=O)(=O)c3cccc4cccnc34)cc2)S(=O)(=O)c2cccc3cccnc23)C1. The fourth-order valence-electron chi connectivity index (χ4n) is 5.11. The second-order valence-corrected chi connectivity index (χ2v) is 15.4. The topological polar surface area (TPSA) is 164 Å². The van der Waals surface area contributed by atoms with Crippen LogP contribution >= 0.6 is 0 Å². The van der Waals surface area contributed by atoms with Crippen molar-refractivity contribution in [2.45, 2.75) is 21.9 Å². The number of rotatable bonds is 7. The van der Waals surface area contributed by atoms with Gasteiger partial charge in [-0.05, 0) is 48.5 Å². The molecule has 2 aromatic heterocycles. The van der Waals surface area contributed by atoms with E-state index in [0.717, 1.165) is 4.31 Å². The maximum Gasteiger partial charge on any atom is 0.266 e. The van der Waals surface area contributed by atoms with Crippen molar-refractivity contribution in [3.05, 3.63) is 97.3 Å². The van der Waals surface area contributed by atoms with Crippen LogP contribution in [0.3, 0.4) is 0 Å². The summed E-state index contributed by atoms with van der Waals surface area (Å²) in [7, 11) is -12.3. The Bertz CT molecular complexity index is 2150. The molecule has 42 heavy (non-hydrogen) atoms. The van der Waals surface area contributed by atoms with Crippen LogP contribution in [0, 0.1) is 0 Å². The van der Waals surface area contributed by atoms with Gasteiger partial charge in [0.1, 0.15) is 9.79 Å². The lowest BCUT2D eigenvalue weighted by atomic mass is 10.2. The highest BCUT2D eigenvalue weighted by Gasteiger charge is 2.45. The smallest absolute Gasteiger partial charge is 0.266 e. The molecule has 5 aromatic rings. The number of benzene rings is 3. The van der Waals surface area contributed by atoms with E-state index < -0.39 is 53.5 Å². The molecular formula is C28H24N4O7S3. The molecule has 11 nitrogen and oxygen atoms in total. The number of aromatic nitrogens is 2. The molecule has 0 spiro atoms. The van der Waals surface area contributed by atoms with Crippen LogP contribution in [0.15, 0.2) is 107 Å². The number of sulfonamides is 2. The minimum atomic E-state index is -4.46. The molecule has 0 unspecified atom stereocenters. The van der Waals surface area contributed by atoms with E-state index in [0.29, 0.717) is 16.3 Å². The van der Waals surface area contributed by atoms with Crippen molar-refractivity contribution in [1.29, 1.82) is 0 Å². The van der Waals surface area contributed by atoms with Gasteiger partial charge in [-0.15, -0.1) is 0 Å². The van der Waals surface area contributed by atoms with Gasteiger partial charge in [0.15, 0.2) is 9.84 Å². The number of nitrogens with zero attached hydrogens (tertiary/aromatic N) is 3. The zero-order valence-electron chi connectivity index (χ0n) is 21.8. The van der Waals surface area contributed by atoms with Crippen molar-refractivity contribution < 1.29 is 30.4 Å². The van der Waals surface area contributed by atoms with Crippen molar-refractivity contribution >= 4 is 63.1 Å². The normalized spacial score (nSPS) is 18.7. The van der Waals surface area contributed by atoms with Gasteiger partial charge in [0.2, 0.25) is 0 Å². The lowest BCUT2D eigenvalue weighted by Crippen LogP contribution is -2.47. The molecule has 2 N–H and O–H groups in total. The summed E-state index contributed by atoms with van der Waals surface area (Å²) >= 11 is 0. The molecule has 3 heterocycles. The molecule has 0 bridgehead atoms. The fraction of sp³-hybridized carbons (Fsp3) is 0.143. The van der Waals surface area contributed by atoms with Crippen molar-refractivity contribution in [3.8, 4) is 0 Å². The Hall–Kier alpha value is -4.11. The van der Waals surface area contributed by atoms with Gasteiger partial charge in [-0.3, -0.25) is 19.0 Å². The van der Waals surface area contributed by atoms with Crippen molar-refractivity contribution in [2.75, 3.05) is 20.5 Å². The Morgan fingerprint density at radius 3 is 1.86 bits per heavy atom. The molecular weight excluding hydrogens is 601 g/mol. The number of hydrogen-bond acceptors (Lipinski definition) is 9. The second kappa shape index (κ2) is 10.3. The van der Waals surface area contributed by atoms with Crippen LogP contribution in [0.4, 0.5) is 11.4 Å². The fourth-order valence-corrected chi connectivity index (χ4v) is 10.1. The summed E-state index contributed by atoms with van der Waals surface area (Å²) in [5.41, 5.74) is 0.657. The van der Waals surface area contributed by atoms with Crippen LogP contribution in [0.1, 0.15) is 0 Å². The molecule has 0 radical (unpaired) electrons. The van der Waals surface area contributed by atoms with Crippen molar-refractivity contribution in [3.63, 3.8) is 0 Å². The first-order valence-corrected chi connectivity index (χ1v) is 17.4. The number of nitrogens with one attached hydrogen (secondary N) is 1. The lowest BCUT2D eigenvalue weighted by Gasteiger charge is -2.31. The molecule has 14 heteroatoms. The zero-order chi connectivity index (χ0) is 29.7. The Labute approximate surface area is 242 Å². The molecule has 2 atom stereocenters. The van der Waals surface area contributed by atoms with E-state index in [1.54, 1.807) is 48.5 Å². The number of para-hydroxylation sites is 2. The van der Waals surface area contributed by atoms with Crippen LogP contribution in [-0.4, -0.2) is 64.0 Å². The van der Waals surface area contributed by atoms with Crippen molar-refractivity contribution in [2.24, 2.45) is 0 Å². The highest BCUT2D eigenvalue weighted by atomic mass is 32.2. The molecule has 0 amide bonds. The van der Waals surface area contributed by atoms with E-state index in [1.807, 2.05) is 0 Å². The van der Waals surface area contributed by atoms with Crippen molar-refractivity contribution in [1.82, 2.24) is 9.97 Å². The maximum atomic E-state index is 14.2. The molecule has 216 valence electrons. The lowest BCUT2D eigenvalue weighted by molar-refractivity contribution is 0.184. The van der Waals surface area contributed by atoms with Crippen LogP contribution in [-0.2, 0) is 29.9 Å². The number of hydrogen-bond donors (Lipinski definition) is 2. The highest BCUT2D eigenvalue weighted by Crippen LogP contribution is 2.34. The molecule has 3 aromatic carbocycles. The first-order valence-electron chi connectivity index (χ1n) is 12.7. The molecule has 6 rings (SSSR count). The quantitative estimate of drug-likeness (QED) is 0.277. The number of anilines is 2. The molecule has 1 aliphatic heterocycles. The van der Waals surface area contributed by atoms with Crippen LogP contribution in [0.2, 0.25) is 0 Å². The molecule has 1 aliphatic rings. The summed E-state index contributed by atoms with van der Waals surface area (Å²) in [6.07, 6.45) is 1.46. The summed E-state index contributed by atoms with van der Waals surface area (Å²) in [5.74, 6) is -1.18. The Morgan fingerprint density at radius 1 is 0.738 bits per heavy atom. The Kier molecular flexibility index (Phi) is 6.88. The van der Waals surface area contributed by atoms with E-state index in [-0.39, 0.29) is 26.7 Å². The summed E-state index contributed by atoms with van der Waals surface area (Å²) in [6.45, 7) is 0. The number of aliphatic hydroxyl groups is 1. The third-order valence-electron chi connectivity index (χ3n) is 6.99. The minimum Gasteiger partial charge on any atom is -0.390 e. The van der Waals surface area contributed by atoms with Gasteiger partial charge in [0, 0.05) is 28.9 Å². The van der Waals surface area contributed by atoms with E-state index in [2.05, 4.69) is 14.7 Å². The summed E-state index contributed by atoms with van der Waals surface area (Å²) < 4.78 is 83.1. The average molecular weight is 625 g/mol. The molecule has 1 fully saturated rings. The number of fused-ring (bicyclic) bond motifs is 2. The van der Waals surface area contributed by atoms with Gasteiger partial charge in [-0.2, -0.15) is 0 Å². The van der Waals surface area contributed by atoms with Crippen LogP contribution < -0.4 is 9.03 Å². The number of aliphatic hydroxyl groups excluding tert-OH is 1. The largest absolute Gasteiger partial charge is 0.390 e. The van der Waals surface area contributed by atoms with Crippen LogP contribution in [0.5, 0.6) is 0 Å². The van der Waals surface area contributed by atoms with Gasteiger partial charge in [0.25, 0.3) is 20.0 Å². The monoisotopic (exact) mass is 624 g/mol. The predicted molar refractivity (Wildman–Crippen MR) is 159 cm³/mol. The van der Waals surface area contributed by atoms with Gasteiger partial charge < -0.3 is 5.11 Å². The standard InChI is InChI=1S/C28H24N4O7S3/c33-24-18-40(34,35)17-23(24)32(42(38,39)26-10-2-6-20-8-4-16-30-28(20)26)22-13-11-21(12-14-22)31-41(36,37)25-9-1-5-19-7-3-15-29-27(19)25/h1-16,23-24,31,33H,17-18H2/t23-,24+/m0/s1. The van der Waals surface area contributed by atoms with Gasteiger partial charge in [0.05, 0.1) is 40.4 Å². The Balaban J connectivity index is 1.41. The third-order valence-corrected chi connectivity index (χ3v) is 12.0. The van der Waals surface area contributed by atoms with E-state index in [9.17, 15) is 30.4 Å². The average Bonchev–Trinajstić information content (AvgIpc) is 3.24. The first-order chi connectivity index (χ1) is 20.0.